The van der Waals surface area contributed by atoms with Crippen molar-refractivity contribution < 1.29 is 13.9 Å². The summed E-state index contributed by atoms with van der Waals surface area (Å²) in [4.78, 5) is 22.1. The quantitative estimate of drug-likeness (QED) is 0.481. The average Bonchev–Trinajstić information content (AvgIpc) is 3.38. The second-order valence-electron chi connectivity index (χ2n) is 8.92. The highest BCUT2D eigenvalue weighted by Gasteiger charge is 2.27. The Balaban J connectivity index is 1.34. The number of nitrogens with zero attached hydrogens (tertiary/aromatic N) is 5. The van der Waals surface area contributed by atoms with Crippen molar-refractivity contribution >= 4 is 11.6 Å². The van der Waals surface area contributed by atoms with Crippen LogP contribution in [0.4, 0.5) is 10.1 Å². The predicted molar refractivity (Wildman–Crippen MR) is 124 cm³/mol. The molecule has 0 radical (unpaired) electrons. The largest absolute Gasteiger partial charge is 0.488 e. The van der Waals surface area contributed by atoms with Crippen molar-refractivity contribution in [2.45, 2.75) is 38.6 Å². The lowest BCUT2D eigenvalue weighted by Crippen LogP contribution is -2.16. The number of rotatable bonds is 4. The third-order valence-corrected chi connectivity index (χ3v) is 6.37. The van der Waals surface area contributed by atoms with Crippen LogP contribution in [0.2, 0.25) is 0 Å². The Kier molecular flexibility index (Phi) is 4.72. The standard InChI is InChI=1S/C25H23FN6O2/c1-14-8-19(26)18(9-22(14)31-10-21(28-13-31)16-6-7-16)25(33)30-20-5-3-4-17-23(20)34-11-15(2)32-24(17)27-12-29-32/h3-5,8-10,12-13,15-16H,6-7,11H2,1-2H3,(H,30,33)/t15-/m1/s1. The van der Waals surface area contributed by atoms with Gasteiger partial charge < -0.3 is 14.6 Å². The van der Waals surface area contributed by atoms with E-state index in [1.807, 2.05) is 30.7 Å². The van der Waals surface area contributed by atoms with E-state index in [0.717, 1.165) is 35.3 Å². The maximum absolute atomic E-state index is 14.9. The number of imidazole rings is 1. The summed E-state index contributed by atoms with van der Waals surface area (Å²) in [6.07, 6.45) is 7.47. The van der Waals surface area contributed by atoms with E-state index in [-0.39, 0.29) is 11.6 Å². The number of aryl methyl sites for hydroxylation is 1. The molecule has 0 bridgehead atoms. The van der Waals surface area contributed by atoms with Gasteiger partial charge >= 0.3 is 0 Å². The minimum absolute atomic E-state index is 0.0266. The molecule has 0 saturated heterocycles. The van der Waals surface area contributed by atoms with Gasteiger partial charge in [-0.2, -0.15) is 5.10 Å². The first kappa shape index (κ1) is 20.6. The lowest BCUT2D eigenvalue weighted by Gasteiger charge is -2.15. The highest BCUT2D eigenvalue weighted by Crippen LogP contribution is 2.40. The van der Waals surface area contributed by atoms with Crippen LogP contribution in [0.15, 0.2) is 49.2 Å². The van der Waals surface area contributed by atoms with Gasteiger partial charge in [0.25, 0.3) is 5.91 Å². The zero-order chi connectivity index (χ0) is 23.4. The number of hydrogen-bond donors (Lipinski definition) is 1. The number of carbonyl (C=O) groups is 1. The number of halogens is 1. The fourth-order valence-corrected chi connectivity index (χ4v) is 4.37. The molecule has 1 amide bonds. The number of amides is 1. The van der Waals surface area contributed by atoms with E-state index in [4.69, 9.17) is 4.74 Å². The van der Waals surface area contributed by atoms with Crippen molar-refractivity contribution in [3.05, 3.63) is 71.8 Å². The van der Waals surface area contributed by atoms with Crippen LogP contribution < -0.4 is 10.1 Å². The van der Waals surface area contributed by atoms with E-state index in [9.17, 15) is 9.18 Å². The molecule has 2 aromatic heterocycles. The van der Waals surface area contributed by atoms with Crippen LogP contribution in [-0.2, 0) is 0 Å². The Bertz CT molecular complexity index is 1420. The lowest BCUT2D eigenvalue weighted by atomic mass is 10.1. The molecule has 2 aromatic carbocycles. The molecule has 3 heterocycles. The van der Waals surface area contributed by atoms with Crippen molar-refractivity contribution in [3.63, 3.8) is 0 Å². The summed E-state index contributed by atoms with van der Waals surface area (Å²) in [6, 6.07) is 8.32. The molecule has 6 rings (SSSR count). The number of fused-ring (bicyclic) bond motifs is 3. The molecule has 0 unspecified atom stereocenters. The van der Waals surface area contributed by atoms with Crippen LogP contribution in [0.3, 0.4) is 0 Å². The smallest absolute Gasteiger partial charge is 0.258 e. The van der Waals surface area contributed by atoms with Gasteiger partial charge in [0.2, 0.25) is 0 Å². The number of carbonyl (C=O) groups excluding carboxylic acids is 1. The first-order chi connectivity index (χ1) is 16.5. The second kappa shape index (κ2) is 7.79. The number of anilines is 1. The molecule has 1 atom stereocenters. The summed E-state index contributed by atoms with van der Waals surface area (Å²) in [6.45, 7) is 4.17. The summed E-state index contributed by atoms with van der Waals surface area (Å²) in [5.74, 6) is 0.513. The number of ether oxygens (including phenoxy) is 1. The van der Waals surface area contributed by atoms with Crippen LogP contribution >= 0.6 is 0 Å². The SMILES string of the molecule is Cc1cc(F)c(C(=O)Nc2cccc3c2OC[C@@H](C)n2ncnc2-3)cc1-n1cnc(C2CC2)c1. The Labute approximate surface area is 195 Å². The highest BCUT2D eigenvalue weighted by molar-refractivity contribution is 6.06. The molecular weight excluding hydrogens is 435 g/mol. The number of benzene rings is 2. The minimum Gasteiger partial charge on any atom is -0.488 e. The van der Waals surface area contributed by atoms with E-state index in [1.165, 1.54) is 12.4 Å². The van der Waals surface area contributed by atoms with Gasteiger partial charge in [0.1, 0.15) is 18.8 Å². The van der Waals surface area contributed by atoms with E-state index in [1.54, 1.807) is 29.2 Å². The number of nitrogens with one attached hydrogen (secondary N) is 1. The first-order valence-corrected chi connectivity index (χ1v) is 11.3. The maximum Gasteiger partial charge on any atom is 0.258 e. The summed E-state index contributed by atoms with van der Waals surface area (Å²) in [5, 5.41) is 7.13. The molecule has 8 nitrogen and oxygen atoms in total. The number of para-hydroxylation sites is 1. The normalized spacial score (nSPS) is 16.9. The molecular formula is C25H23FN6O2. The Morgan fingerprint density at radius 1 is 1.24 bits per heavy atom. The van der Waals surface area contributed by atoms with E-state index in [0.29, 0.717) is 29.8 Å². The highest BCUT2D eigenvalue weighted by atomic mass is 19.1. The van der Waals surface area contributed by atoms with Crippen LogP contribution in [0.25, 0.3) is 17.1 Å². The minimum atomic E-state index is -0.586. The van der Waals surface area contributed by atoms with Crippen LogP contribution in [0, 0.1) is 12.7 Å². The van der Waals surface area contributed by atoms with Gasteiger partial charge in [0, 0.05) is 12.1 Å². The topological polar surface area (TPSA) is 86.9 Å². The van der Waals surface area contributed by atoms with Gasteiger partial charge in [-0.05, 0) is 56.5 Å². The van der Waals surface area contributed by atoms with Crippen LogP contribution in [-0.4, -0.2) is 36.8 Å². The van der Waals surface area contributed by atoms with Gasteiger partial charge in [-0.1, -0.05) is 6.07 Å². The first-order valence-electron chi connectivity index (χ1n) is 11.3. The third-order valence-electron chi connectivity index (χ3n) is 6.37. The molecule has 2 aliphatic rings. The van der Waals surface area contributed by atoms with Crippen molar-refractivity contribution in [3.8, 4) is 22.8 Å². The van der Waals surface area contributed by atoms with Gasteiger partial charge in [0.15, 0.2) is 11.6 Å². The zero-order valence-electron chi connectivity index (χ0n) is 18.8. The van der Waals surface area contributed by atoms with Gasteiger partial charge in [-0.25, -0.2) is 19.0 Å². The van der Waals surface area contributed by atoms with Gasteiger partial charge in [-0.15, -0.1) is 0 Å². The van der Waals surface area contributed by atoms with Gasteiger partial charge in [0.05, 0.1) is 40.6 Å². The van der Waals surface area contributed by atoms with Crippen molar-refractivity contribution in [1.82, 2.24) is 24.3 Å². The zero-order valence-corrected chi connectivity index (χ0v) is 18.8. The van der Waals surface area contributed by atoms with Crippen molar-refractivity contribution in [1.29, 1.82) is 0 Å². The monoisotopic (exact) mass is 458 g/mol. The number of aromatic nitrogens is 5. The molecule has 9 heteroatoms. The molecule has 0 spiro atoms. The summed E-state index contributed by atoms with van der Waals surface area (Å²) < 4.78 is 24.6. The van der Waals surface area contributed by atoms with Crippen LogP contribution in [0.1, 0.15) is 53.3 Å². The molecule has 1 saturated carbocycles. The molecule has 172 valence electrons. The average molecular weight is 458 g/mol. The van der Waals surface area contributed by atoms with E-state index in [2.05, 4.69) is 20.4 Å². The second-order valence-corrected chi connectivity index (χ2v) is 8.92. The third kappa shape index (κ3) is 3.44. The Morgan fingerprint density at radius 2 is 2.09 bits per heavy atom. The van der Waals surface area contributed by atoms with E-state index < -0.39 is 11.7 Å². The van der Waals surface area contributed by atoms with Gasteiger partial charge in [-0.3, -0.25) is 4.79 Å². The molecule has 34 heavy (non-hydrogen) atoms. The molecule has 1 aliphatic carbocycles. The maximum atomic E-state index is 14.9. The van der Waals surface area contributed by atoms with Crippen molar-refractivity contribution in [2.24, 2.45) is 0 Å². The summed E-state index contributed by atoms with van der Waals surface area (Å²) in [7, 11) is 0. The molecule has 4 aromatic rings. The lowest BCUT2D eigenvalue weighted by molar-refractivity contribution is 0.102. The fraction of sp³-hybridized carbons (Fsp3) is 0.280. The predicted octanol–water partition coefficient (Wildman–Crippen LogP) is 4.66. The number of hydrogen-bond acceptors (Lipinski definition) is 5. The van der Waals surface area contributed by atoms with E-state index >= 15 is 0 Å². The summed E-state index contributed by atoms with van der Waals surface area (Å²) in [5.41, 5.74) is 3.59. The van der Waals surface area contributed by atoms with Crippen molar-refractivity contribution in [2.75, 3.05) is 11.9 Å². The molecule has 1 fully saturated rings. The molecule has 1 aliphatic heterocycles. The Hall–Kier alpha value is -4.01. The fourth-order valence-electron chi connectivity index (χ4n) is 4.37. The van der Waals surface area contributed by atoms with Crippen LogP contribution in [0.5, 0.6) is 5.75 Å². The molecule has 1 N–H and O–H groups in total. The summed E-state index contributed by atoms with van der Waals surface area (Å²) >= 11 is 0. The Morgan fingerprint density at radius 3 is 2.91 bits per heavy atom.